The van der Waals surface area contributed by atoms with Gasteiger partial charge in [-0.2, -0.15) is 4.31 Å². The predicted molar refractivity (Wildman–Crippen MR) is 108 cm³/mol. The molecular weight excluding hydrogens is 378 g/mol. The summed E-state index contributed by atoms with van der Waals surface area (Å²) >= 11 is 0. The van der Waals surface area contributed by atoms with Gasteiger partial charge in [0.05, 0.1) is 9.82 Å². The van der Waals surface area contributed by atoms with Crippen LogP contribution >= 0.6 is 0 Å². The monoisotopic (exact) mass is 403 g/mol. The number of benzene rings is 2. The van der Waals surface area contributed by atoms with Gasteiger partial charge in [0.2, 0.25) is 10.0 Å². The first kappa shape index (κ1) is 20.4. The number of piperazine rings is 1. The fourth-order valence-electron chi connectivity index (χ4n) is 3.38. The van der Waals surface area contributed by atoms with Crippen LogP contribution in [-0.2, 0) is 23.0 Å². The van der Waals surface area contributed by atoms with E-state index in [0.29, 0.717) is 37.6 Å². The summed E-state index contributed by atoms with van der Waals surface area (Å²) in [4.78, 5) is 12.8. The highest BCUT2D eigenvalue weighted by molar-refractivity contribution is 7.89. The number of non-ortho nitro benzene ring substituents is 1. The minimum atomic E-state index is -3.47. The number of nitro groups is 1. The molecule has 0 bridgehead atoms. The minimum absolute atomic E-state index is 0.0737. The fraction of sp³-hybridized carbons (Fsp3) is 0.400. The summed E-state index contributed by atoms with van der Waals surface area (Å²) in [7, 11) is -3.47. The first-order valence-electron chi connectivity index (χ1n) is 9.45. The van der Waals surface area contributed by atoms with E-state index in [1.165, 1.54) is 16.4 Å². The van der Waals surface area contributed by atoms with Crippen LogP contribution in [0.3, 0.4) is 0 Å². The van der Waals surface area contributed by atoms with Crippen LogP contribution in [0.15, 0.2) is 53.4 Å². The molecule has 150 valence electrons. The minimum Gasteiger partial charge on any atom is -0.296 e. The van der Waals surface area contributed by atoms with E-state index < -0.39 is 14.9 Å². The average Bonchev–Trinajstić information content (AvgIpc) is 2.69. The van der Waals surface area contributed by atoms with Gasteiger partial charge in [0.1, 0.15) is 0 Å². The van der Waals surface area contributed by atoms with Crippen molar-refractivity contribution in [3.63, 3.8) is 0 Å². The molecule has 7 nitrogen and oxygen atoms in total. The van der Waals surface area contributed by atoms with Crippen molar-refractivity contribution < 1.29 is 13.3 Å². The van der Waals surface area contributed by atoms with Crippen LogP contribution in [0.4, 0.5) is 5.69 Å². The van der Waals surface area contributed by atoms with E-state index in [9.17, 15) is 18.5 Å². The number of rotatable bonds is 7. The van der Waals surface area contributed by atoms with E-state index in [-0.39, 0.29) is 5.69 Å². The Morgan fingerprint density at radius 1 is 0.929 bits per heavy atom. The molecule has 0 aromatic heterocycles. The van der Waals surface area contributed by atoms with E-state index in [1.807, 2.05) is 12.1 Å². The van der Waals surface area contributed by atoms with E-state index in [4.69, 9.17) is 0 Å². The molecule has 0 aliphatic carbocycles. The van der Waals surface area contributed by atoms with Crippen LogP contribution < -0.4 is 0 Å². The Morgan fingerprint density at radius 3 is 2.04 bits per heavy atom. The van der Waals surface area contributed by atoms with Crippen LogP contribution in [0, 0.1) is 10.1 Å². The molecule has 2 aromatic carbocycles. The van der Waals surface area contributed by atoms with Gasteiger partial charge in [0.15, 0.2) is 0 Å². The third kappa shape index (κ3) is 4.76. The summed E-state index contributed by atoms with van der Waals surface area (Å²) in [5.41, 5.74) is 2.20. The topological polar surface area (TPSA) is 83.8 Å². The maximum Gasteiger partial charge on any atom is 0.269 e. The van der Waals surface area contributed by atoms with Gasteiger partial charge in [-0.05, 0) is 29.7 Å². The molecule has 0 atom stereocenters. The smallest absolute Gasteiger partial charge is 0.269 e. The van der Waals surface area contributed by atoms with E-state index >= 15 is 0 Å². The molecule has 0 unspecified atom stereocenters. The quantitative estimate of drug-likeness (QED) is 0.524. The lowest BCUT2D eigenvalue weighted by molar-refractivity contribution is -0.384. The Morgan fingerprint density at radius 2 is 1.50 bits per heavy atom. The Kier molecular flexibility index (Phi) is 6.43. The molecule has 0 radical (unpaired) electrons. The van der Waals surface area contributed by atoms with E-state index in [2.05, 4.69) is 11.8 Å². The lowest BCUT2D eigenvalue weighted by Gasteiger charge is -2.34. The molecule has 0 spiro atoms. The standard InChI is InChI=1S/C20H25N3O4S/c1-2-3-17-6-10-20(11-7-17)28(26,27)22-14-12-21(13-15-22)16-18-4-8-19(9-5-18)23(24)25/h4-11H,2-3,12-16H2,1H3. The first-order valence-corrected chi connectivity index (χ1v) is 10.9. The lowest BCUT2D eigenvalue weighted by Crippen LogP contribution is -2.48. The maximum absolute atomic E-state index is 12.9. The summed E-state index contributed by atoms with van der Waals surface area (Å²) in [6, 6.07) is 13.7. The first-order chi connectivity index (χ1) is 13.4. The molecule has 1 aliphatic rings. The molecule has 3 rings (SSSR count). The van der Waals surface area contributed by atoms with Crippen molar-refractivity contribution in [3.8, 4) is 0 Å². The normalized spacial score (nSPS) is 16.2. The van der Waals surface area contributed by atoms with Gasteiger partial charge in [0, 0.05) is 44.9 Å². The molecule has 0 amide bonds. The van der Waals surface area contributed by atoms with E-state index in [0.717, 1.165) is 24.0 Å². The van der Waals surface area contributed by atoms with Crippen molar-refractivity contribution in [2.24, 2.45) is 0 Å². The van der Waals surface area contributed by atoms with Crippen LogP contribution in [-0.4, -0.2) is 48.7 Å². The Labute approximate surface area is 165 Å². The van der Waals surface area contributed by atoms with Crippen LogP contribution in [0.2, 0.25) is 0 Å². The Hall–Kier alpha value is -2.29. The molecule has 1 heterocycles. The molecule has 8 heteroatoms. The number of sulfonamides is 1. The van der Waals surface area contributed by atoms with Gasteiger partial charge in [0.25, 0.3) is 5.69 Å². The number of nitrogens with zero attached hydrogens (tertiary/aromatic N) is 3. The lowest BCUT2D eigenvalue weighted by atomic mass is 10.1. The number of hydrogen-bond acceptors (Lipinski definition) is 5. The second-order valence-corrected chi connectivity index (χ2v) is 8.94. The van der Waals surface area contributed by atoms with Crippen molar-refractivity contribution in [1.82, 2.24) is 9.21 Å². The fourth-order valence-corrected chi connectivity index (χ4v) is 4.80. The molecule has 0 N–H and O–H groups in total. The maximum atomic E-state index is 12.9. The van der Waals surface area contributed by atoms with Gasteiger partial charge in [-0.15, -0.1) is 0 Å². The van der Waals surface area contributed by atoms with Crippen LogP contribution in [0.25, 0.3) is 0 Å². The summed E-state index contributed by atoms with van der Waals surface area (Å²) < 4.78 is 27.3. The molecule has 1 fully saturated rings. The van der Waals surface area contributed by atoms with Gasteiger partial charge in [-0.1, -0.05) is 37.6 Å². The van der Waals surface area contributed by atoms with Crippen molar-refractivity contribution in [2.45, 2.75) is 31.2 Å². The molecule has 2 aromatic rings. The van der Waals surface area contributed by atoms with Gasteiger partial charge < -0.3 is 0 Å². The van der Waals surface area contributed by atoms with Crippen molar-refractivity contribution in [1.29, 1.82) is 0 Å². The van der Waals surface area contributed by atoms with Crippen molar-refractivity contribution in [3.05, 3.63) is 69.8 Å². The van der Waals surface area contributed by atoms with Gasteiger partial charge in [-0.3, -0.25) is 15.0 Å². The predicted octanol–water partition coefficient (Wildman–Crippen LogP) is 3.05. The summed E-state index contributed by atoms with van der Waals surface area (Å²) in [5, 5.41) is 10.7. The second-order valence-electron chi connectivity index (χ2n) is 7.00. The summed E-state index contributed by atoms with van der Waals surface area (Å²) in [6.07, 6.45) is 1.98. The van der Waals surface area contributed by atoms with Crippen LogP contribution in [0.1, 0.15) is 24.5 Å². The zero-order valence-corrected chi connectivity index (χ0v) is 16.8. The van der Waals surface area contributed by atoms with Gasteiger partial charge in [-0.25, -0.2) is 8.42 Å². The molecular formula is C20H25N3O4S. The number of aryl methyl sites for hydroxylation is 1. The number of nitro benzene ring substituents is 1. The highest BCUT2D eigenvalue weighted by atomic mass is 32.2. The highest BCUT2D eigenvalue weighted by Crippen LogP contribution is 2.20. The van der Waals surface area contributed by atoms with Crippen molar-refractivity contribution in [2.75, 3.05) is 26.2 Å². The van der Waals surface area contributed by atoms with Crippen LogP contribution in [0.5, 0.6) is 0 Å². The van der Waals surface area contributed by atoms with Crippen molar-refractivity contribution >= 4 is 15.7 Å². The third-order valence-corrected chi connectivity index (χ3v) is 6.90. The largest absolute Gasteiger partial charge is 0.296 e. The van der Waals surface area contributed by atoms with E-state index in [1.54, 1.807) is 24.3 Å². The SMILES string of the molecule is CCCc1ccc(S(=O)(=O)N2CCN(Cc3ccc([N+](=O)[O-])cc3)CC2)cc1. The third-order valence-electron chi connectivity index (χ3n) is 4.98. The second kappa shape index (κ2) is 8.81. The molecule has 28 heavy (non-hydrogen) atoms. The molecule has 1 aliphatic heterocycles. The Bertz CT molecular complexity index is 903. The molecule has 0 saturated carbocycles. The summed E-state index contributed by atoms with van der Waals surface area (Å²) in [6.45, 7) is 4.88. The number of hydrogen-bond donors (Lipinski definition) is 0. The zero-order chi connectivity index (χ0) is 20.1. The average molecular weight is 404 g/mol. The molecule has 1 saturated heterocycles. The summed E-state index contributed by atoms with van der Waals surface area (Å²) in [5.74, 6) is 0. The zero-order valence-electron chi connectivity index (χ0n) is 16.0. The highest BCUT2D eigenvalue weighted by Gasteiger charge is 2.28. The Balaban J connectivity index is 1.58. The van der Waals surface area contributed by atoms with Gasteiger partial charge >= 0.3 is 0 Å².